The number of likely N-dealkylation sites (tertiary alicyclic amines) is 1. The van der Waals surface area contributed by atoms with Crippen LogP contribution in [0.4, 0.5) is 10.1 Å². The molecule has 1 aliphatic rings. The maximum Gasteiger partial charge on any atom is 0.257 e. The van der Waals surface area contributed by atoms with Crippen molar-refractivity contribution in [3.05, 3.63) is 77.9 Å². The Hall–Kier alpha value is -3.55. The monoisotopic (exact) mass is 435 g/mol. The van der Waals surface area contributed by atoms with Gasteiger partial charge in [0, 0.05) is 61.9 Å². The highest BCUT2D eigenvalue weighted by molar-refractivity contribution is 6.04. The van der Waals surface area contributed by atoms with E-state index in [1.165, 1.54) is 24.3 Å². The number of carbonyl (C=O) groups is 2. The van der Waals surface area contributed by atoms with Gasteiger partial charge in [0.15, 0.2) is 0 Å². The normalized spacial score (nSPS) is 16.1. The highest BCUT2D eigenvalue weighted by atomic mass is 19.1. The van der Waals surface area contributed by atoms with Gasteiger partial charge in [0.05, 0.1) is 5.56 Å². The van der Waals surface area contributed by atoms with Gasteiger partial charge in [-0.15, -0.1) is 0 Å². The molecule has 1 N–H and O–H groups in total. The highest BCUT2D eigenvalue weighted by Gasteiger charge is 2.25. The van der Waals surface area contributed by atoms with Crippen molar-refractivity contribution in [2.45, 2.75) is 38.6 Å². The van der Waals surface area contributed by atoms with Gasteiger partial charge in [-0.25, -0.2) is 9.37 Å². The van der Waals surface area contributed by atoms with Crippen molar-refractivity contribution >= 4 is 17.5 Å². The van der Waals surface area contributed by atoms with E-state index in [1.807, 2.05) is 28.7 Å². The summed E-state index contributed by atoms with van der Waals surface area (Å²) in [6.07, 6.45) is 7.51. The minimum atomic E-state index is -0.356. The van der Waals surface area contributed by atoms with E-state index in [4.69, 9.17) is 0 Å². The van der Waals surface area contributed by atoms with Gasteiger partial charge >= 0.3 is 0 Å². The molecular weight excluding hydrogens is 409 g/mol. The number of hydrogen-bond acceptors (Lipinski definition) is 4. The summed E-state index contributed by atoms with van der Waals surface area (Å²) < 4.78 is 15.0. The van der Waals surface area contributed by atoms with Crippen LogP contribution in [0.25, 0.3) is 0 Å². The number of imidazole rings is 1. The topological polar surface area (TPSA) is 80.1 Å². The molecule has 3 aromatic rings. The van der Waals surface area contributed by atoms with E-state index in [-0.39, 0.29) is 23.5 Å². The first-order valence-corrected chi connectivity index (χ1v) is 10.8. The van der Waals surface area contributed by atoms with Crippen LogP contribution in [-0.4, -0.2) is 44.3 Å². The molecule has 32 heavy (non-hydrogen) atoms. The summed E-state index contributed by atoms with van der Waals surface area (Å²) in [5, 5.41) is 2.73. The number of piperidine rings is 1. The van der Waals surface area contributed by atoms with Crippen LogP contribution in [0, 0.1) is 12.7 Å². The smallest absolute Gasteiger partial charge is 0.257 e. The van der Waals surface area contributed by atoms with Gasteiger partial charge in [0.2, 0.25) is 5.91 Å². The van der Waals surface area contributed by atoms with Crippen LogP contribution in [0.3, 0.4) is 0 Å². The van der Waals surface area contributed by atoms with Gasteiger partial charge in [-0.05, 0) is 56.2 Å². The number of carbonyl (C=O) groups excluding carboxylic acids is 2. The lowest BCUT2D eigenvalue weighted by Crippen LogP contribution is -2.39. The summed E-state index contributed by atoms with van der Waals surface area (Å²) in [6.45, 7) is 3.95. The maximum atomic E-state index is 13.0. The van der Waals surface area contributed by atoms with Crippen molar-refractivity contribution in [1.29, 1.82) is 0 Å². The number of aryl methyl sites for hydroxylation is 2. The molecule has 1 aromatic carbocycles. The Labute approximate surface area is 186 Å². The summed E-state index contributed by atoms with van der Waals surface area (Å²) in [5.41, 5.74) is 1.83. The Bertz CT molecular complexity index is 1080. The summed E-state index contributed by atoms with van der Waals surface area (Å²) in [4.78, 5) is 35.7. The minimum absolute atomic E-state index is 0.137. The lowest BCUT2D eigenvalue weighted by molar-refractivity contribution is -0.132. The Kier molecular flexibility index (Phi) is 6.58. The Morgan fingerprint density at radius 2 is 1.97 bits per heavy atom. The molecule has 1 aliphatic heterocycles. The van der Waals surface area contributed by atoms with Gasteiger partial charge in [-0.2, -0.15) is 0 Å². The van der Waals surface area contributed by atoms with Crippen molar-refractivity contribution in [3.63, 3.8) is 0 Å². The Morgan fingerprint density at radius 1 is 1.16 bits per heavy atom. The molecule has 1 fully saturated rings. The molecule has 0 spiro atoms. The third-order valence-electron chi connectivity index (χ3n) is 5.83. The van der Waals surface area contributed by atoms with E-state index in [0.717, 1.165) is 30.9 Å². The van der Waals surface area contributed by atoms with Crippen LogP contribution in [-0.2, 0) is 11.3 Å². The van der Waals surface area contributed by atoms with Gasteiger partial charge < -0.3 is 14.8 Å². The molecule has 1 atom stereocenters. The standard InChI is InChI=1S/C24H26FN5O2/c1-17-26-11-14-29(17)13-10-23(31)30-12-2-3-19(16-30)22-9-4-18(15-27-22)24(32)28-21-7-5-20(25)6-8-21/h4-9,11,14-15,19H,2-3,10,12-13,16H2,1H3,(H,28,32)/t19-/m0/s1. The molecule has 166 valence electrons. The molecule has 0 radical (unpaired) electrons. The second kappa shape index (κ2) is 9.72. The second-order valence-electron chi connectivity index (χ2n) is 8.03. The van der Waals surface area contributed by atoms with Crippen LogP contribution >= 0.6 is 0 Å². The Balaban J connectivity index is 1.33. The fourth-order valence-corrected chi connectivity index (χ4v) is 3.98. The van der Waals surface area contributed by atoms with Gasteiger partial charge in [0.1, 0.15) is 11.6 Å². The number of amides is 2. The third kappa shape index (κ3) is 5.19. The van der Waals surface area contributed by atoms with E-state index in [9.17, 15) is 14.0 Å². The number of aromatic nitrogens is 3. The fourth-order valence-electron chi connectivity index (χ4n) is 3.98. The summed E-state index contributed by atoms with van der Waals surface area (Å²) in [7, 11) is 0. The first-order chi connectivity index (χ1) is 15.5. The molecule has 2 amide bonds. The molecule has 0 aliphatic carbocycles. The van der Waals surface area contributed by atoms with Crippen molar-refractivity contribution in [3.8, 4) is 0 Å². The average Bonchev–Trinajstić information content (AvgIpc) is 3.23. The fraction of sp³-hybridized carbons (Fsp3) is 0.333. The summed E-state index contributed by atoms with van der Waals surface area (Å²) in [5.74, 6) is 0.536. The van der Waals surface area contributed by atoms with Crippen LogP contribution in [0.2, 0.25) is 0 Å². The second-order valence-corrected chi connectivity index (χ2v) is 8.03. The molecule has 0 bridgehead atoms. The largest absolute Gasteiger partial charge is 0.342 e. The minimum Gasteiger partial charge on any atom is -0.342 e. The van der Waals surface area contributed by atoms with Crippen molar-refractivity contribution in [2.24, 2.45) is 0 Å². The van der Waals surface area contributed by atoms with E-state index in [2.05, 4.69) is 15.3 Å². The molecule has 1 saturated heterocycles. The first-order valence-electron chi connectivity index (χ1n) is 10.8. The number of hydrogen-bond donors (Lipinski definition) is 1. The predicted octanol–water partition coefficient (Wildman–Crippen LogP) is 3.77. The number of nitrogens with one attached hydrogen (secondary N) is 1. The molecule has 0 saturated carbocycles. The molecule has 3 heterocycles. The van der Waals surface area contributed by atoms with E-state index < -0.39 is 0 Å². The van der Waals surface area contributed by atoms with Crippen LogP contribution in [0.1, 0.15) is 47.1 Å². The van der Waals surface area contributed by atoms with E-state index >= 15 is 0 Å². The number of halogens is 1. The van der Waals surface area contributed by atoms with Crippen molar-refractivity contribution in [1.82, 2.24) is 19.4 Å². The molecular formula is C24H26FN5O2. The highest BCUT2D eigenvalue weighted by Crippen LogP contribution is 2.26. The number of pyridine rings is 1. The lowest BCUT2D eigenvalue weighted by atomic mass is 9.93. The number of nitrogens with zero attached hydrogens (tertiary/aromatic N) is 4. The van der Waals surface area contributed by atoms with E-state index in [0.29, 0.717) is 30.8 Å². The van der Waals surface area contributed by atoms with Gasteiger partial charge in [0.25, 0.3) is 5.91 Å². The van der Waals surface area contributed by atoms with Gasteiger partial charge in [-0.3, -0.25) is 14.6 Å². The zero-order valence-corrected chi connectivity index (χ0v) is 18.0. The Morgan fingerprint density at radius 3 is 2.66 bits per heavy atom. The SMILES string of the molecule is Cc1nccn1CCC(=O)N1CCC[C@H](c2ccc(C(=O)Nc3ccc(F)cc3)cn2)C1. The predicted molar refractivity (Wildman–Crippen MR) is 119 cm³/mol. The summed E-state index contributed by atoms with van der Waals surface area (Å²) in [6, 6.07) is 9.21. The first kappa shape index (κ1) is 21.7. The molecule has 2 aromatic heterocycles. The average molecular weight is 436 g/mol. The quantitative estimate of drug-likeness (QED) is 0.639. The zero-order valence-electron chi connectivity index (χ0n) is 18.0. The lowest BCUT2D eigenvalue weighted by Gasteiger charge is -2.32. The van der Waals surface area contributed by atoms with Crippen molar-refractivity contribution < 1.29 is 14.0 Å². The van der Waals surface area contributed by atoms with Gasteiger partial charge in [-0.1, -0.05) is 0 Å². The number of rotatable bonds is 6. The zero-order chi connectivity index (χ0) is 22.5. The van der Waals surface area contributed by atoms with Crippen LogP contribution in [0.5, 0.6) is 0 Å². The maximum absolute atomic E-state index is 13.0. The summed E-state index contributed by atoms with van der Waals surface area (Å²) >= 11 is 0. The van der Waals surface area contributed by atoms with Crippen LogP contribution < -0.4 is 5.32 Å². The molecule has 4 rings (SSSR count). The molecule has 0 unspecified atom stereocenters. The molecule has 7 nitrogen and oxygen atoms in total. The van der Waals surface area contributed by atoms with E-state index in [1.54, 1.807) is 18.5 Å². The molecule has 8 heteroatoms. The number of benzene rings is 1. The number of anilines is 1. The van der Waals surface area contributed by atoms with Crippen LogP contribution in [0.15, 0.2) is 55.0 Å². The third-order valence-corrected chi connectivity index (χ3v) is 5.83. The van der Waals surface area contributed by atoms with Crippen molar-refractivity contribution in [2.75, 3.05) is 18.4 Å².